The number of nitro groups is 1. The summed E-state index contributed by atoms with van der Waals surface area (Å²) >= 11 is 1.55. The molecule has 0 spiro atoms. The van der Waals surface area contributed by atoms with Crippen LogP contribution in [-0.2, 0) is 6.54 Å². The Morgan fingerprint density at radius 2 is 2.21 bits per heavy atom. The van der Waals surface area contributed by atoms with Crippen molar-refractivity contribution in [3.05, 3.63) is 56.3 Å². The van der Waals surface area contributed by atoms with Crippen LogP contribution in [-0.4, -0.2) is 16.0 Å². The van der Waals surface area contributed by atoms with Gasteiger partial charge in [0.15, 0.2) is 0 Å². The SMILES string of the molecule is O=C(O)c1cc([N+](=O)[O-])ccc1NCc1cccs1. The summed E-state index contributed by atoms with van der Waals surface area (Å²) in [5.41, 5.74) is 0.0244. The second-order valence-electron chi connectivity index (χ2n) is 3.73. The van der Waals surface area contributed by atoms with E-state index in [1.807, 2.05) is 17.5 Å². The monoisotopic (exact) mass is 278 g/mol. The first-order chi connectivity index (χ1) is 9.08. The van der Waals surface area contributed by atoms with Gasteiger partial charge < -0.3 is 10.4 Å². The number of rotatable bonds is 5. The molecule has 0 saturated carbocycles. The molecule has 1 aromatic carbocycles. The number of hydrogen-bond donors (Lipinski definition) is 2. The Hall–Kier alpha value is -2.41. The molecule has 7 heteroatoms. The molecule has 0 bridgehead atoms. The molecule has 2 rings (SSSR count). The number of carbonyl (C=O) groups is 1. The Bertz CT molecular complexity index is 610. The largest absolute Gasteiger partial charge is 0.478 e. The minimum absolute atomic E-state index is 0.106. The first-order valence-electron chi connectivity index (χ1n) is 5.36. The Morgan fingerprint density at radius 1 is 1.42 bits per heavy atom. The molecular weight excluding hydrogens is 268 g/mol. The molecule has 0 unspecified atom stereocenters. The molecule has 2 N–H and O–H groups in total. The van der Waals surface area contributed by atoms with Crippen LogP contribution in [0.5, 0.6) is 0 Å². The van der Waals surface area contributed by atoms with Crippen LogP contribution in [0.1, 0.15) is 15.2 Å². The zero-order chi connectivity index (χ0) is 13.8. The molecule has 0 fully saturated rings. The number of nitro benzene ring substituents is 1. The van der Waals surface area contributed by atoms with Crippen LogP contribution in [0.3, 0.4) is 0 Å². The second kappa shape index (κ2) is 5.49. The quantitative estimate of drug-likeness (QED) is 0.648. The summed E-state index contributed by atoms with van der Waals surface area (Å²) in [5.74, 6) is -1.20. The molecule has 6 nitrogen and oxygen atoms in total. The van der Waals surface area contributed by atoms with Crippen molar-refractivity contribution in [2.24, 2.45) is 0 Å². The van der Waals surface area contributed by atoms with Gasteiger partial charge in [-0.15, -0.1) is 11.3 Å². The molecule has 0 saturated heterocycles. The highest BCUT2D eigenvalue weighted by atomic mass is 32.1. The average molecular weight is 278 g/mol. The second-order valence-corrected chi connectivity index (χ2v) is 4.76. The van der Waals surface area contributed by atoms with Crippen LogP contribution in [0.2, 0.25) is 0 Å². The summed E-state index contributed by atoms with van der Waals surface area (Å²) in [7, 11) is 0. The van der Waals surface area contributed by atoms with E-state index in [0.29, 0.717) is 12.2 Å². The van der Waals surface area contributed by atoms with E-state index < -0.39 is 10.9 Å². The molecule has 2 aromatic rings. The number of aromatic carboxylic acids is 1. The third-order valence-corrected chi connectivity index (χ3v) is 3.35. The van der Waals surface area contributed by atoms with E-state index in [0.717, 1.165) is 10.9 Å². The van der Waals surface area contributed by atoms with Crippen LogP contribution in [0.25, 0.3) is 0 Å². The van der Waals surface area contributed by atoms with Gasteiger partial charge in [0.05, 0.1) is 10.5 Å². The van der Waals surface area contributed by atoms with Crippen molar-refractivity contribution in [3.8, 4) is 0 Å². The molecule has 0 radical (unpaired) electrons. The Morgan fingerprint density at radius 3 is 2.79 bits per heavy atom. The number of nitrogens with zero attached hydrogens (tertiary/aromatic N) is 1. The lowest BCUT2D eigenvalue weighted by atomic mass is 10.1. The normalized spacial score (nSPS) is 10.1. The van der Waals surface area contributed by atoms with E-state index >= 15 is 0 Å². The van der Waals surface area contributed by atoms with E-state index in [4.69, 9.17) is 5.11 Å². The Balaban J connectivity index is 2.24. The number of carboxylic acid groups (broad SMARTS) is 1. The summed E-state index contributed by atoms with van der Waals surface area (Å²) in [6.45, 7) is 0.482. The van der Waals surface area contributed by atoms with Gasteiger partial charge >= 0.3 is 5.97 Å². The lowest BCUT2D eigenvalue weighted by Gasteiger charge is -2.08. The smallest absolute Gasteiger partial charge is 0.338 e. The minimum atomic E-state index is -1.20. The number of nitrogens with one attached hydrogen (secondary N) is 1. The summed E-state index contributed by atoms with van der Waals surface area (Å²) < 4.78 is 0. The molecule has 0 aliphatic carbocycles. The number of anilines is 1. The maximum absolute atomic E-state index is 11.1. The fourth-order valence-corrected chi connectivity index (χ4v) is 2.22. The van der Waals surface area contributed by atoms with Gasteiger partial charge in [0, 0.05) is 29.2 Å². The van der Waals surface area contributed by atoms with Crippen LogP contribution in [0.15, 0.2) is 35.7 Å². The average Bonchev–Trinajstić information content (AvgIpc) is 2.89. The molecule has 0 aliphatic rings. The van der Waals surface area contributed by atoms with Crippen LogP contribution in [0.4, 0.5) is 11.4 Å². The van der Waals surface area contributed by atoms with Crippen molar-refractivity contribution in [2.75, 3.05) is 5.32 Å². The van der Waals surface area contributed by atoms with Crippen molar-refractivity contribution in [2.45, 2.75) is 6.54 Å². The van der Waals surface area contributed by atoms with Gasteiger partial charge in [-0.25, -0.2) is 4.79 Å². The van der Waals surface area contributed by atoms with Crippen LogP contribution < -0.4 is 5.32 Å². The van der Waals surface area contributed by atoms with E-state index in [1.54, 1.807) is 11.3 Å². The van der Waals surface area contributed by atoms with Crippen molar-refractivity contribution >= 4 is 28.7 Å². The van der Waals surface area contributed by atoms with Gasteiger partial charge in [0.1, 0.15) is 0 Å². The minimum Gasteiger partial charge on any atom is -0.478 e. The third kappa shape index (κ3) is 3.08. The fourth-order valence-electron chi connectivity index (χ4n) is 1.57. The maximum Gasteiger partial charge on any atom is 0.338 e. The maximum atomic E-state index is 11.1. The molecule has 98 valence electrons. The van der Waals surface area contributed by atoms with E-state index in [1.165, 1.54) is 12.1 Å². The zero-order valence-corrected chi connectivity index (χ0v) is 10.5. The molecule has 1 aromatic heterocycles. The number of non-ortho nitro benzene ring substituents is 1. The van der Waals surface area contributed by atoms with Crippen LogP contribution in [0, 0.1) is 10.1 Å². The molecule has 0 atom stereocenters. The number of thiophene rings is 1. The topological polar surface area (TPSA) is 92.5 Å². The first kappa shape index (κ1) is 13.0. The molecule has 0 aliphatic heterocycles. The molecular formula is C12H10N2O4S. The number of carboxylic acids is 1. The predicted octanol–water partition coefficient (Wildman–Crippen LogP) is 2.97. The summed E-state index contributed by atoms with van der Waals surface area (Å²) in [5, 5.41) is 24.6. The number of hydrogen-bond acceptors (Lipinski definition) is 5. The highest BCUT2D eigenvalue weighted by Gasteiger charge is 2.15. The first-order valence-corrected chi connectivity index (χ1v) is 6.24. The standard InChI is InChI=1S/C12H10N2O4S/c15-12(16)10-6-8(14(17)18)3-4-11(10)13-7-9-2-1-5-19-9/h1-6,13H,7H2,(H,15,16). The van der Waals surface area contributed by atoms with Crippen molar-refractivity contribution in [1.29, 1.82) is 0 Å². The lowest BCUT2D eigenvalue weighted by Crippen LogP contribution is -2.06. The molecule has 0 amide bonds. The van der Waals surface area contributed by atoms with Gasteiger partial charge in [0.2, 0.25) is 0 Å². The van der Waals surface area contributed by atoms with E-state index in [9.17, 15) is 14.9 Å². The van der Waals surface area contributed by atoms with Crippen molar-refractivity contribution in [3.63, 3.8) is 0 Å². The predicted molar refractivity (Wildman–Crippen MR) is 71.7 cm³/mol. The van der Waals surface area contributed by atoms with Crippen molar-refractivity contribution < 1.29 is 14.8 Å². The van der Waals surface area contributed by atoms with Gasteiger partial charge in [-0.3, -0.25) is 10.1 Å². The highest BCUT2D eigenvalue weighted by Crippen LogP contribution is 2.23. The zero-order valence-electron chi connectivity index (χ0n) is 9.70. The highest BCUT2D eigenvalue weighted by molar-refractivity contribution is 7.09. The van der Waals surface area contributed by atoms with Crippen LogP contribution >= 0.6 is 11.3 Å². The van der Waals surface area contributed by atoms with Gasteiger partial charge in [-0.05, 0) is 17.5 Å². The lowest BCUT2D eigenvalue weighted by molar-refractivity contribution is -0.384. The Labute approximate surface area is 112 Å². The molecule has 1 heterocycles. The summed E-state index contributed by atoms with van der Waals surface area (Å²) in [6.07, 6.45) is 0. The Kier molecular flexibility index (Phi) is 3.76. The number of benzene rings is 1. The van der Waals surface area contributed by atoms with Gasteiger partial charge in [-0.2, -0.15) is 0 Å². The van der Waals surface area contributed by atoms with Crippen molar-refractivity contribution in [1.82, 2.24) is 0 Å². The summed E-state index contributed by atoms with van der Waals surface area (Å²) in [6, 6.07) is 7.57. The van der Waals surface area contributed by atoms with Gasteiger partial charge in [-0.1, -0.05) is 6.07 Å². The van der Waals surface area contributed by atoms with E-state index in [-0.39, 0.29) is 11.3 Å². The third-order valence-electron chi connectivity index (χ3n) is 2.48. The fraction of sp³-hybridized carbons (Fsp3) is 0.0833. The molecule has 19 heavy (non-hydrogen) atoms. The van der Waals surface area contributed by atoms with Gasteiger partial charge in [0.25, 0.3) is 5.69 Å². The summed E-state index contributed by atoms with van der Waals surface area (Å²) in [4.78, 5) is 22.2. The van der Waals surface area contributed by atoms with E-state index in [2.05, 4.69) is 5.32 Å².